The van der Waals surface area contributed by atoms with Crippen molar-refractivity contribution in [1.29, 1.82) is 0 Å². The highest BCUT2D eigenvalue weighted by Gasteiger charge is 2.05. The van der Waals surface area contributed by atoms with Crippen LogP contribution in [0.3, 0.4) is 0 Å². The second-order valence-electron chi connectivity index (χ2n) is 4.10. The number of carbonyl (C=O) groups is 2. The predicted octanol–water partition coefficient (Wildman–Crippen LogP) is 4.16. The maximum atomic E-state index is 11.9. The molecule has 2 heteroatoms. The van der Waals surface area contributed by atoms with Crippen LogP contribution in [0.25, 0.3) is 0 Å². The number of rotatable bonds is 5. The number of hydrogen-bond donors (Lipinski definition) is 0. The zero-order chi connectivity index (χ0) is 16.1. The number of Topliss-reactive ketones (excluding diaryl/α,β-unsaturated/α-hetero) is 1. The van der Waals surface area contributed by atoms with Crippen molar-refractivity contribution in [3.63, 3.8) is 0 Å². The molecule has 0 N–H and O–H groups in total. The molecule has 2 nitrogen and oxygen atoms in total. The Morgan fingerprint density at radius 3 is 2.38 bits per heavy atom. The zero-order valence-corrected chi connectivity index (χ0v) is 13.0. The molecule has 0 aromatic heterocycles. The first-order valence-electron chi connectivity index (χ1n) is 7.00. The van der Waals surface area contributed by atoms with Gasteiger partial charge in [-0.3, -0.25) is 9.59 Å². The van der Waals surface area contributed by atoms with Crippen molar-refractivity contribution in [3.8, 4) is 11.8 Å². The molecule has 0 bridgehead atoms. The molecular weight excluding hydrogens is 260 g/mol. The zero-order valence-electron chi connectivity index (χ0n) is 13.0. The number of aldehydes is 1. The van der Waals surface area contributed by atoms with Crippen LogP contribution in [0.15, 0.2) is 48.6 Å². The average molecular weight is 282 g/mol. The summed E-state index contributed by atoms with van der Waals surface area (Å²) in [6.45, 7) is 9.32. The third-order valence-electron chi connectivity index (χ3n) is 2.56. The van der Waals surface area contributed by atoms with Gasteiger partial charge in [-0.05, 0) is 18.6 Å². The summed E-state index contributed by atoms with van der Waals surface area (Å²) < 4.78 is 0. The fraction of sp³-hybridized carbons (Fsp3) is 0.263. The molecule has 0 saturated heterocycles. The van der Waals surface area contributed by atoms with Gasteiger partial charge in [0.05, 0.1) is 0 Å². The summed E-state index contributed by atoms with van der Waals surface area (Å²) in [5.41, 5.74) is 2.14. The molecule has 0 aliphatic rings. The Morgan fingerprint density at radius 1 is 1.24 bits per heavy atom. The first-order valence-corrected chi connectivity index (χ1v) is 7.00. The number of ketones is 1. The minimum atomic E-state index is 0.0340. The Bertz CT molecular complexity index is 551. The highest BCUT2D eigenvalue weighted by atomic mass is 16.1. The van der Waals surface area contributed by atoms with Crippen LogP contribution < -0.4 is 0 Å². The minimum absolute atomic E-state index is 0.0340. The van der Waals surface area contributed by atoms with Gasteiger partial charge in [0.25, 0.3) is 0 Å². The van der Waals surface area contributed by atoms with E-state index in [1.165, 1.54) is 0 Å². The van der Waals surface area contributed by atoms with Crippen LogP contribution in [0.4, 0.5) is 0 Å². The van der Waals surface area contributed by atoms with Gasteiger partial charge in [0.2, 0.25) is 0 Å². The largest absolute Gasteiger partial charge is 0.298 e. The molecule has 0 atom stereocenters. The van der Waals surface area contributed by atoms with Crippen molar-refractivity contribution in [2.75, 3.05) is 0 Å². The second-order valence-corrected chi connectivity index (χ2v) is 4.10. The van der Waals surface area contributed by atoms with E-state index in [-0.39, 0.29) is 5.78 Å². The van der Waals surface area contributed by atoms with Gasteiger partial charge < -0.3 is 0 Å². The maximum absolute atomic E-state index is 11.9. The molecule has 0 spiro atoms. The fourth-order valence-corrected chi connectivity index (χ4v) is 1.41. The van der Waals surface area contributed by atoms with Gasteiger partial charge in [-0.1, -0.05) is 56.0 Å². The van der Waals surface area contributed by atoms with Crippen LogP contribution in [-0.4, -0.2) is 12.1 Å². The molecule has 0 aliphatic carbocycles. The molecule has 0 heterocycles. The summed E-state index contributed by atoms with van der Waals surface area (Å²) in [6.07, 6.45) is 5.07. The third-order valence-corrected chi connectivity index (χ3v) is 2.56. The fourth-order valence-electron chi connectivity index (χ4n) is 1.41. The van der Waals surface area contributed by atoms with Crippen molar-refractivity contribution < 1.29 is 9.59 Å². The van der Waals surface area contributed by atoms with E-state index in [2.05, 4.69) is 18.4 Å². The van der Waals surface area contributed by atoms with Gasteiger partial charge in [-0.15, -0.1) is 6.58 Å². The molecule has 0 radical (unpaired) electrons. The summed E-state index contributed by atoms with van der Waals surface area (Å²) in [6, 6.07) is 6.99. The SMILES string of the molecule is C=CCC#C/C=C(\C)C(=O)Cc1ccc(C=O)cc1.CC. The quantitative estimate of drug-likeness (QED) is 0.352. The van der Waals surface area contributed by atoms with Crippen molar-refractivity contribution in [2.24, 2.45) is 0 Å². The Hall–Kier alpha value is -2.40. The van der Waals surface area contributed by atoms with Crippen LogP contribution in [-0.2, 0) is 11.2 Å². The maximum Gasteiger partial charge on any atom is 0.163 e. The number of allylic oxidation sites excluding steroid dienone is 3. The first-order chi connectivity index (χ1) is 10.2. The van der Waals surface area contributed by atoms with E-state index in [0.29, 0.717) is 24.0 Å². The van der Waals surface area contributed by atoms with Gasteiger partial charge in [0.15, 0.2) is 5.78 Å². The monoisotopic (exact) mass is 282 g/mol. The Kier molecular flexibility index (Phi) is 10.1. The summed E-state index contributed by atoms with van der Waals surface area (Å²) >= 11 is 0. The van der Waals surface area contributed by atoms with Crippen LogP contribution in [0, 0.1) is 11.8 Å². The van der Waals surface area contributed by atoms with Crippen molar-refractivity contribution in [3.05, 3.63) is 59.7 Å². The van der Waals surface area contributed by atoms with Gasteiger partial charge in [0.1, 0.15) is 6.29 Å². The molecule has 0 unspecified atom stereocenters. The molecule has 21 heavy (non-hydrogen) atoms. The molecule has 0 fully saturated rings. The number of hydrogen-bond acceptors (Lipinski definition) is 2. The molecule has 1 aromatic rings. The van der Waals surface area contributed by atoms with E-state index in [9.17, 15) is 9.59 Å². The second kappa shape index (κ2) is 11.4. The topological polar surface area (TPSA) is 34.1 Å². The Labute approximate surface area is 127 Å². The van der Waals surface area contributed by atoms with Crippen molar-refractivity contribution >= 4 is 12.1 Å². The lowest BCUT2D eigenvalue weighted by Gasteiger charge is -2.01. The number of carbonyl (C=O) groups excluding carboxylic acids is 2. The van der Waals surface area contributed by atoms with Crippen LogP contribution in [0.5, 0.6) is 0 Å². The Balaban J connectivity index is 0.00000191. The highest BCUT2D eigenvalue weighted by molar-refractivity contribution is 5.96. The van der Waals surface area contributed by atoms with Gasteiger partial charge in [-0.2, -0.15) is 0 Å². The molecule has 0 amide bonds. The van der Waals surface area contributed by atoms with E-state index < -0.39 is 0 Å². The predicted molar refractivity (Wildman–Crippen MR) is 88.2 cm³/mol. The molecule has 0 saturated carbocycles. The summed E-state index contributed by atoms with van der Waals surface area (Å²) in [5, 5.41) is 0. The van der Waals surface area contributed by atoms with Crippen molar-refractivity contribution in [2.45, 2.75) is 33.6 Å². The molecular formula is C19H22O2. The first kappa shape index (κ1) is 18.6. The normalized spacial score (nSPS) is 9.57. The van der Waals surface area contributed by atoms with E-state index >= 15 is 0 Å². The van der Waals surface area contributed by atoms with E-state index in [1.54, 1.807) is 43.3 Å². The lowest BCUT2D eigenvalue weighted by atomic mass is 10.0. The number of benzene rings is 1. The molecule has 1 aromatic carbocycles. The Morgan fingerprint density at radius 2 is 1.86 bits per heavy atom. The summed E-state index contributed by atoms with van der Waals surface area (Å²) in [4.78, 5) is 22.4. The molecule has 110 valence electrons. The van der Waals surface area contributed by atoms with Crippen LogP contribution >= 0.6 is 0 Å². The van der Waals surface area contributed by atoms with Crippen LogP contribution in [0.1, 0.15) is 43.1 Å². The smallest absolute Gasteiger partial charge is 0.163 e. The highest BCUT2D eigenvalue weighted by Crippen LogP contribution is 2.07. The van der Waals surface area contributed by atoms with Gasteiger partial charge >= 0.3 is 0 Å². The van der Waals surface area contributed by atoms with E-state index in [1.807, 2.05) is 13.8 Å². The lowest BCUT2D eigenvalue weighted by molar-refractivity contribution is -0.114. The molecule has 0 aliphatic heterocycles. The van der Waals surface area contributed by atoms with Crippen LogP contribution in [0.2, 0.25) is 0 Å². The third kappa shape index (κ3) is 7.69. The molecule has 1 rings (SSSR count). The average Bonchev–Trinajstić information content (AvgIpc) is 2.54. The van der Waals surface area contributed by atoms with Gasteiger partial charge in [-0.25, -0.2) is 0 Å². The minimum Gasteiger partial charge on any atom is -0.298 e. The van der Waals surface area contributed by atoms with E-state index in [0.717, 1.165) is 11.8 Å². The van der Waals surface area contributed by atoms with Crippen molar-refractivity contribution in [1.82, 2.24) is 0 Å². The summed E-state index contributed by atoms with van der Waals surface area (Å²) in [5.74, 6) is 5.72. The lowest BCUT2D eigenvalue weighted by Crippen LogP contribution is -2.04. The van der Waals surface area contributed by atoms with E-state index in [4.69, 9.17) is 0 Å². The standard InChI is InChI=1S/C17H16O2.C2H6/c1-3-4-5-6-7-14(2)17(19)12-15-8-10-16(13-18)11-9-15;1-2/h3,7-11,13H,1,4,12H2,2H3;1-2H3/b14-7+;. The summed E-state index contributed by atoms with van der Waals surface area (Å²) in [7, 11) is 0. The van der Waals surface area contributed by atoms with Gasteiger partial charge in [0, 0.05) is 24.0 Å².